The van der Waals surface area contributed by atoms with Crippen LogP contribution in [0.4, 0.5) is 14.5 Å². The van der Waals surface area contributed by atoms with Crippen LogP contribution in [0.15, 0.2) is 58.8 Å². The van der Waals surface area contributed by atoms with E-state index in [9.17, 15) is 13.6 Å². The summed E-state index contributed by atoms with van der Waals surface area (Å²) < 4.78 is 33.5. The summed E-state index contributed by atoms with van der Waals surface area (Å²) in [7, 11) is 0. The molecule has 1 amide bonds. The zero-order valence-corrected chi connectivity index (χ0v) is 22.0. The Morgan fingerprint density at radius 1 is 1.11 bits per heavy atom. The van der Waals surface area contributed by atoms with Crippen LogP contribution in [-0.4, -0.2) is 37.2 Å². The van der Waals surface area contributed by atoms with Gasteiger partial charge in [0.05, 0.1) is 18.9 Å². The van der Waals surface area contributed by atoms with E-state index in [2.05, 4.69) is 20.6 Å². The summed E-state index contributed by atoms with van der Waals surface area (Å²) in [4.78, 5) is 21.6. The van der Waals surface area contributed by atoms with Gasteiger partial charge in [0.2, 0.25) is 0 Å². The Hall–Kier alpha value is -3.65. The molecule has 3 rings (SSSR count). The van der Waals surface area contributed by atoms with E-state index in [0.29, 0.717) is 54.8 Å². The van der Waals surface area contributed by atoms with Crippen molar-refractivity contribution >= 4 is 28.7 Å². The lowest BCUT2D eigenvalue weighted by Gasteiger charge is -2.26. The van der Waals surface area contributed by atoms with Crippen molar-refractivity contribution in [3.63, 3.8) is 0 Å². The Kier molecular flexibility index (Phi) is 9.85. The molecule has 2 aromatic rings. The summed E-state index contributed by atoms with van der Waals surface area (Å²) in [6, 6.07) is 8.63. The number of carbonyl (C=O) groups is 1. The van der Waals surface area contributed by atoms with Crippen LogP contribution in [0.3, 0.4) is 0 Å². The molecule has 1 fully saturated rings. The molecule has 0 aromatic heterocycles. The van der Waals surface area contributed by atoms with Crippen LogP contribution in [0.5, 0.6) is 0 Å². The first-order chi connectivity index (χ1) is 17.7. The molecule has 196 valence electrons. The lowest BCUT2D eigenvalue weighted by atomic mass is 10.0. The second-order valence-electron chi connectivity index (χ2n) is 9.01. The van der Waals surface area contributed by atoms with Gasteiger partial charge in [0.15, 0.2) is 17.5 Å². The van der Waals surface area contributed by atoms with Gasteiger partial charge in [-0.3, -0.25) is 9.79 Å². The van der Waals surface area contributed by atoms with Crippen LogP contribution in [0.2, 0.25) is 0 Å². The van der Waals surface area contributed by atoms with Crippen LogP contribution in [0, 0.1) is 24.5 Å². The average molecular weight is 509 g/mol. The minimum Gasteiger partial charge on any atom is -0.381 e. The number of amides is 1. The van der Waals surface area contributed by atoms with Gasteiger partial charge in [0, 0.05) is 41.7 Å². The summed E-state index contributed by atoms with van der Waals surface area (Å²) >= 11 is 0. The van der Waals surface area contributed by atoms with Crippen LogP contribution in [0.1, 0.15) is 54.7 Å². The summed E-state index contributed by atoms with van der Waals surface area (Å²) in [6.07, 6.45) is 5.60. The van der Waals surface area contributed by atoms with Crippen LogP contribution in [0.25, 0.3) is 5.57 Å². The number of nitrogens with one attached hydrogen (secondary N) is 2. The first kappa shape index (κ1) is 27.9. The number of hydrogen-bond acceptors (Lipinski definition) is 4. The van der Waals surface area contributed by atoms with E-state index in [4.69, 9.17) is 4.74 Å². The number of rotatable bonds is 9. The normalized spacial score (nSPS) is 15.2. The molecule has 1 heterocycles. The molecule has 0 spiro atoms. The number of aryl methyl sites for hydroxylation is 2. The van der Waals surface area contributed by atoms with Crippen molar-refractivity contribution in [2.45, 2.75) is 41.0 Å². The van der Waals surface area contributed by atoms with Gasteiger partial charge in [-0.25, -0.2) is 13.8 Å². The number of nitrogens with zero attached hydrogens (tertiary/aromatic N) is 2. The number of benzene rings is 2. The molecule has 0 radical (unpaired) electrons. The Morgan fingerprint density at radius 2 is 1.84 bits per heavy atom. The summed E-state index contributed by atoms with van der Waals surface area (Å²) in [5, 5.41) is 6.26. The van der Waals surface area contributed by atoms with Gasteiger partial charge >= 0.3 is 0 Å². The molecule has 37 heavy (non-hydrogen) atoms. The second-order valence-corrected chi connectivity index (χ2v) is 9.01. The minimum absolute atomic E-state index is 0.101. The van der Waals surface area contributed by atoms with Crippen molar-refractivity contribution in [3.05, 3.63) is 82.7 Å². The molecule has 0 aliphatic carbocycles. The van der Waals surface area contributed by atoms with Gasteiger partial charge < -0.3 is 15.4 Å². The zero-order valence-electron chi connectivity index (χ0n) is 22.0. The fourth-order valence-corrected chi connectivity index (χ4v) is 3.70. The van der Waals surface area contributed by atoms with Gasteiger partial charge in [-0.1, -0.05) is 25.1 Å². The highest BCUT2D eigenvalue weighted by Gasteiger charge is 2.20. The molecular formula is C29H34F2N4O2. The molecule has 2 aromatic carbocycles. The third kappa shape index (κ3) is 7.20. The topological polar surface area (TPSA) is 75.1 Å². The van der Waals surface area contributed by atoms with Crippen molar-refractivity contribution < 1.29 is 18.3 Å². The van der Waals surface area contributed by atoms with E-state index in [1.807, 2.05) is 26.0 Å². The quantitative estimate of drug-likeness (QED) is 0.319. The number of amidine groups is 1. The molecule has 6 nitrogen and oxygen atoms in total. The molecule has 0 saturated carbocycles. The summed E-state index contributed by atoms with van der Waals surface area (Å²) in [5.74, 6) is -0.983. The van der Waals surface area contributed by atoms with Crippen molar-refractivity contribution in [1.82, 2.24) is 5.32 Å². The van der Waals surface area contributed by atoms with Crippen molar-refractivity contribution in [3.8, 4) is 0 Å². The standard InChI is InChI=1S/C29H34F2N4O2/c1-6-12-32-28(20(5)33-14-19(4)24-10-8-18(3)26(30)27(24)31)35-23-9-11-25(22(7-2)13-23)29(36)34-15-21-16-37-17-21/h6,8-14,21H,7,15-17H2,1-5H3,(H,32,35)(H,34,36)/b12-6-,19-14+,33-20?. The molecule has 1 saturated heterocycles. The van der Waals surface area contributed by atoms with E-state index in [1.165, 1.54) is 13.1 Å². The number of ether oxygens (including phenoxy) is 1. The molecule has 0 unspecified atom stereocenters. The van der Waals surface area contributed by atoms with Gasteiger partial charge in [-0.2, -0.15) is 0 Å². The first-order valence-corrected chi connectivity index (χ1v) is 12.4. The van der Waals surface area contributed by atoms with Gasteiger partial charge in [0.25, 0.3) is 5.91 Å². The average Bonchev–Trinajstić information content (AvgIpc) is 2.86. The molecular weight excluding hydrogens is 474 g/mol. The van der Waals surface area contributed by atoms with Crippen molar-refractivity contribution in [2.75, 3.05) is 25.1 Å². The highest BCUT2D eigenvalue weighted by atomic mass is 19.2. The number of allylic oxidation sites excluding steroid dienone is 2. The van der Waals surface area contributed by atoms with E-state index in [-0.39, 0.29) is 17.0 Å². The van der Waals surface area contributed by atoms with E-state index < -0.39 is 11.6 Å². The van der Waals surface area contributed by atoms with E-state index >= 15 is 0 Å². The smallest absolute Gasteiger partial charge is 0.251 e. The fraction of sp³-hybridized carbons (Fsp3) is 0.345. The summed E-state index contributed by atoms with van der Waals surface area (Å²) in [5.41, 5.74) is 3.74. The molecule has 1 aliphatic heterocycles. The molecule has 0 bridgehead atoms. The van der Waals surface area contributed by atoms with Gasteiger partial charge in [-0.15, -0.1) is 0 Å². The lowest BCUT2D eigenvalue weighted by molar-refractivity contribution is -0.0298. The lowest BCUT2D eigenvalue weighted by Crippen LogP contribution is -2.39. The summed E-state index contributed by atoms with van der Waals surface area (Å²) in [6.45, 7) is 10.8. The maximum absolute atomic E-state index is 14.4. The van der Waals surface area contributed by atoms with Crippen LogP contribution < -0.4 is 10.6 Å². The predicted molar refractivity (Wildman–Crippen MR) is 146 cm³/mol. The number of hydrogen-bond donors (Lipinski definition) is 2. The Bertz CT molecular complexity index is 1260. The molecule has 0 atom stereocenters. The number of carbonyl (C=O) groups excluding carboxylic acids is 1. The van der Waals surface area contributed by atoms with Crippen LogP contribution in [-0.2, 0) is 11.2 Å². The highest BCUT2D eigenvalue weighted by molar-refractivity contribution is 6.45. The monoisotopic (exact) mass is 508 g/mol. The predicted octanol–water partition coefficient (Wildman–Crippen LogP) is 6.08. The maximum atomic E-state index is 14.4. The third-order valence-electron chi connectivity index (χ3n) is 6.10. The van der Waals surface area contributed by atoms with Crippen molar-refractivity contribution in [1.29, 1.82) is 0 Å². The Morgan fingerprint density at radius 3 is 2.49 bits per heavy atom. The van der Waals surface area contributed by atoms with Crippen LogP contribution >= 0.6 is 0 Å². The second kappa shape index (κ2) is 13.1. The number of halogens is 2. The van der Waals surface area contributed by atoms with E-state index in [0.717, 1.165) is 11.3 Å². The SMILES string of the molecule is C/C=C\N=C(Nc1ccc(C(=O)NCC2COC2)c(CC)c1)C(C)=N/C=C(\C)c1ccc(C)c(F)c1F. The van der Waals surface area contributed by atoms with Crippen molar-refractivity contribution in [2.24, 2.45) is 15.9 Å². The zero-order chi connectivity index (χ0) is 26.9. The molecule has 2 N–H and O–H groups in total. The Labute approximate surface area is 217 Å². The number of anilines is 1. The first-order valence-electron chi connectivity index (χ1n) is 12.4. The Balaban J connectivity index is 1.80. The van der Waals surface area contributed by atoms with E-state index in [1.54, 1.807) is 44.3 Å². The minimum atomic E-state index is -0.889. The third-order valence-corrected chi connectivity index (χ3v) is 6.10. The van der Waals surface area contributed by atoms with Gasteiger partial charge in [0.1, 0.15) is 0 Å². The maximum Gasteiger partial charge on any atom is 0.251 e. The highest BCUT2D eigenvalue weighted by Crippen LogP contribution is 2.23. The largest absolute Gasteiger partial charge is 0.381 e. The number of aliphatic imine (C=N–C) groups is 2. The molecule has 8 heteroatoms. The van der Waals surface area contributed by atoms with Gasteiger partial charge in [-0.05, 0) is 69.0 Å². The molecule has 1 aliphatic rings. The fourth-order valence-electron chi connectivity index (χ4n) is 3.70.